The third kappa shape index (κ3) is 2.10. The molecule has 0 spiro atoms. The van der Waals surface area contributed by atoms with Crippen LogP contribution in [0.25, 0.3) is 0 Å². The lowest BCUT2D eigenvalue weighted by atomic mass is 10.2. The molecule has 0 aromatic carbocycles. The number of piperazine rings is 1. The molecule has 1 fully saturated rings. The molecule has 0 radical (unpaired) electrons. The average Bonchev–Trinajstić information content (AvgIpc) is 2.68. The van der Waals surface area contributed by atoms with Crippen molar-refractivity contribution in [2.75, 3.05) is 31.1 Å². The Kier molecular flexibility index (Phi) is 3.43. The van der Waals surface area contributed by atoms with Crippen LogP contribution in [0.2, 0.25) is 0 Å². The van der Waals surface area contributed by atoms with E-state index in [1.807, 2.05) is 11.3 Å². The Morgan fingerprint density at radius 2 is 2.21 bits per heavy atom. The van der Waals surface area contributed by atoms with Crippen molar-refractivity contribution < 1.29 is 0 Å². The van der Waals surface area contributed by atoms with Crippen molar-refractivity contribution in [1.29, 1.82) is 0 Å². The quantitative estimate of drug-likeness (QED) is 0.822. The van der Waals surface area contributed by atoms with E-state index in [0.717, 1.165) is 26.2 Å². The molecule has 2 heterocycles. The Labute approximate surface area is 89.9 Å². The summed E-state index contributed by atoms with van der Waals surface area (Å²) in [4.78, 5) is 4.08. The second kappa shape index (κ2) is 4.80. The highest BCUT2D eigenvalue weighted by Gasteiger charge is 2.14. The summed E-state index contributed by atoms with van der Waals surface area (Å²) in [5.74, 6) is 0. The molecule has 1 aliphatic heterocycles. The van der Waals surface area contributed by atoms with Gasteiger partial charge in [0.15, 0.2) is 0 Å². The Hall–Kier alpha value is -0.540. The molecule has 0 unspecified atom stereocenters. The summed E-state index contributed by atoms with van der Waals surface area (Å²) in [5.41, 5.74) is 1.48. The molecular weight excluding hydrogens is 192 g/mol. The molecule has 0 aliphatic carbocycles. The summed E-state index contributed by atoms with van der Waals surface area (Å²) in [6.45, 7) is 6.82. The monoisotopic (exact) mass is 210 g/mol. The van der Waals surface area contributed by atoms with Crippen LogP contribution in [0.3, 0.4) is 0 Å². The van der Waals surface area contributed by atoms with Gasteiger partial charge in [0.05, 0.1) is 5.69 Å². The van der Waals surface area contributed by atoms with Crippen LogP contribution in [0.15, 0.2) is 11.4 Å². The molecule has 3 heteroatoms. The van der Waals surface area contributed by atoms with Crippen LogP contribution in [0.4, 0.5) is 5.69 Å². The van der Waals surface area contributed by atoms with Gasteiger partial charge in [0, 0.05) is 31.1 Å². The first kappa shape index (κ1) is 9.99. The highest BCUT2D eigenvalue weighted by atomic mass is 32.1. The van der Waals surface area contributed by atoms with E-state index in [9.17, 15) is 0 Å². The van der Waals surface area contributed by atoms with Gasteiger partial charge in [0.1, 0.15) is 0 Å². The first-order valence-corrected chi connectivity index (χ1v) is 6.32. The van der Waals surface area contributed by atoms with Gasteiger partial charge in [-0.2, -0.15) is 0 Å². The van der Waals surface area contributed by atoms with Crippen molar-refractivity contribution in [3.63, 3.8) is 0 Å². The van der Waals surface area contributed by atoms with E-state index in [2.05, 4.69) is 28.6 Å². The minimum atomic E-state index is 1.13. The molecule has 0 saturated carbocycles. The van der Waals surface area contributed by atoms with E-state index >= 15 is 0 Å². The lowest BCUT2D eigenvalue weighted by Crippen LogP contribution is -2.43. The minimum absolute atomic E-state index is 1.13. The van der Waals surface area contributed by atoms with E-state index < -0.39 is 0 Å². The highest BCUT2D eigenvalue weighted by molar-refractivity contribution is 7.10. The maximum absolute atomic E-state index is 3.39. The van der Waals surface area contributed by atoms with Crippen molar-refractivity contribution in [3.8, 4) is 0 Å². The molecule has 1 aromatic rings. The van der Waals surface area contributed by atoms with E-state index in [4.69, 9.17) is 0 Å². The summed E-state index contributed by atoms with van der Waals surface area (Å²) in [7, 11) is 0. The molecule has 14 heavy (non-hydrogen) atoms. The van der Waals surface area contributed by atoms with Gasteiger partial charge in [-0.25, -0.2) is 0 Å². The number of anilines is 1. The number of rotatable bonds is 3. The van der Waals surface area contributed by atoms with Gasteiger partial charge in [0.2, 0.25) is 0 Å². The summed E-state index contributed by atoms with van der Waals surface area (Å²) in [5, 5.41) is 5.61. The largest absolute Gasteiger partial charge is 0.368 e. The fourth-order valence-electron chi connectivity index (χ4n) is 1.94. The van der Waals surface area contributed by atoms with Crippen LogP contribution in [-0.4, -0.2) is 26.2 Å². The van der Waals surface area contributed by atoms with Gasteiger partial charge in [-0.1, -0.05) is 13.3 Å². The first-order chi connectivity index (χ1) is 6.92. The highest BCUT2D eigenvalue weighted by Crippen LogP contribution is 2.27. The van der Waals surface area contributed by atoms with Crippen LogP contribution in [0.5, 0.6) is 0 Å². The van der Waals surface area contributed by atoms with Gasteiger partial charge in [-0.3, -0.25) is 0 Å². The maximum atomic E-state index is 3.39. The number of nitrogens with zero attached hydrogens (tertiary/aromatic N) is 1. The van der Waals surface area contributed by atoms with Crippen molar-refractivity contribution in [2.45, 2.75) is 19.8 Å². The van der Waals surface area contributed by atoms with Gasteiger partial charge >= 0.3 is 0 Å². The number of nitrogens with one attached hydrogen (secondary N) is 1. The molecule has 0 atom stereocenters. The molecule has 0 bridgehead atoms. The van der Waals surface area contributed by atoms with Gasteiger partial charge < -0.3 is 10.2 Å². The lowest BCUT2D eigenvalue weighted by Gasteiger charge is -2.29. The number of hydrogen-bond acceptors (Lipinski definition) is 3. The van der Waals surface area contributed by atoms with Crippen molar-refractivity contribution in [2.24, 2.45) is 0 Å². The van der Waals surface area contributed by atoms with E-state index in [0.29, 0.717) is 0 Å². The second-order valence-electron chi connectivity index (χ2n) is 3.72. The van der Waals surface area contributed by atoms with E-state index in [-0.39, 0.29) is 0 Å². The third-order valence-electron chi connectivity index (χ3n) is 2.66. The Balaban J connectivity index is 2.09. The summed E-state index contributed by atoms with van der Waals surface area (Å²) in [6, 6.07) is 2.28. The van der Waals surface area contributed by atoms with Crippen molar-refractivity contribution >= 4 is 17.0 Å². The minimum Gasteiger partial charge on any atom is -0.368 e. The lowest BCUT2D eigenvalue weighted by molar-refractivity contribution is 0.588. The Morgan fingerprint density at radius 3 is 2.93 bits per heavy atom. The predicted molar refractivity (Wildman–Crippen MR) is 63.4 cm³/mol. The van der Waals surface area contributed by atoms with E-state index in [1.165, 1.54) is 18.5 Å². The topological polar surface area (TPSA) is 15.3 Å². The number of hydrogen-bond donors (Lipinski definition) is 1. The predicted octanol–water partition coefficient (Wildman–Crippen LogP) is 2.11. The normalized spacial score (nSPS) is 17.4. The molecule has 2 rings (SSSR count). The zero-order valence-corrected chi connectivity index (χ0v) is 9.57. The SMILES string of the molecule is CCCc1sccc1N1CCNCC1. The summed E-state index contributed by atoms with van der Waals surface area (Å²) >= 11 is 1.91. The van der Waals surface area contributed by atoms with Crippen molar-refractivity contribution in [1.82, 2.24) is 5.32 Å². The van der Waals surface area contributed by atoms with Crippen LogP contribution in [-0.2, 0) is 6.42 Å². The Morgan fingerprint density at radius 1 is 1.43 bits per heavy atom. The van der Waals surface area contributed by atoms with E-state index in [1.54, 1.807) is 4.88 Å². The van der Waals surface area contributed by atoms with Gasteiger partial charge in [-0.15, -0.1) is 11.3 Å². The third-order valence-corrected chi connectivity index (χ3v) is 3.63. The Bertz CT molecular complexity index is 277. The summed E-state index contributed by atoms with van der Waals surface area (Å²) in [6.07, 6.45) is 2.48. The van der Waals surface area contributed by atoms with Crippen molar-refractivity contribution in [3.05, 3.63) is 16.3 Å². The molecule has 1 saturated heterocycles. The van der Waals surface area contributed by atoms with Gasteiger partial charge in [0.25, 0.3) is 0 Å². The van der Waals surface area contributed by atoms with Crippen LogP contribution in [0.1, 0.15) is 18.2 Å². The average molecular weight is 210 g/mol. The molecule has 2 nitrogen and oxygen atoms in total. The maximum Gasteiger partial charge on any atom is 0.0508 e. The first-order valence-electron chi connectivity index (χ1n) is 5.44. The zero-order valence-electron chi connectivity index (χ0n) is 8.75. The fraction of sp³-hybridized carbons (Fsp3) is 0.636. The number of aryl methyl sites for hydroxylation is 1. The molecule has 1 aromatic heterocycles. The van der Waals surface area contributed by atoms with Gasteiger partial charge in [-0.05, 0) is 17.9 Å². The standard InChI is InChI=1S/C11H18N2S/c1-2-3-11-10(4-9-14-11)13-7-5-12-6-8-13/h4,9,12H,2-3,5-8H2,1H3. The molecule has 78 valence electrons. The van der Waals surface area contributed by atoms with Crippen LogP contribution in [0, 0.1) is 0 Å². The summed E-state index contributed by atoms with van der Waals surface area (Å²) < 4.78 is 0. The van der Waals surface area contributed by atoms with Crippen LogP contribution < -0.4 is 10.2 Å². The molecule has 0 amide bonds. The second-order valence-corrected chi connectivity index (χ2v) is 4.72. The molecule has 1 aliphatic rings. The smallest absolute Gasteiger partial charge is 0.0508 e. The number of thiophene rings is 1. The molecule has 1 N–H and O–H groups in total. The van der Waals surface area contributed by atoms with Crippen LogP contribution >= 0.6 is 11.3 Å². The zero-order chi connectivity index (χ0) is 9.80. The fourth-order valence-corrected chi connectivity index (χ4v) is 2.94. The molecular formula is C11H18N2S.